The summed E-state index contributed by atoms with van der Waals surface area (Å²) in [7, 11) is 3.13. The monoisotopic (exact) mass is 360 g/mol. The van der Waals surface area contributed by atoms with Gasteiger partial charge >= 0.3 is 6.03 Å². The van der Waals surface area contributed by atoms with Crippen LogP contribution in [-0.2, 0) is 4.79 Å². The van der Waals surface area contributed by atoms with Gasteiger partial charge in [-0.15, -0.1) is 0 Å². The zero-order valence-corrected chi connectivity index (χ0v) is 16.0. The van der Waals surface area contributed by atoms with Crippen molar-refractivity contribution in [1.82, 2.24) is 10.2 Å². The summed E-state index contributed by atoms with van der Waals surface area (Å²) in [6, 6.07) is 5.04. The number of nitrogens with one attached hydrogen (secondary N) is 1. The second-order valence-corrected chi connectivity index (χ2v) is 6.43. The third kappa shape index (κ3) is 4.56. The molecule has 0 bridgehead atoms. The molecular weight excluding hydrogens is 332 g/mol. The Balaban J connectivity index is 2.27. The number of carbonyl (C=O) groups excluding carboxylic acids is 2. The molecule has 6 nitrogen and oxygen atoms in total. The van der Waals surface area contributed by atoms with Gasteiger partial charge in [0, 0.05) is 6.54 Å². The van der Waals surface area contributed by atoms with Crippen molar-refractivity contribution >= 4 is 18.0 Å². The van der Waals surface area contributed by atoms with Crippen LogP contribution in [0.5, 0.6) is 11.5 Å². The quantitative estimate of drug-likeness (QED) is 0.537. The number of hydrogen-bond donors (Lipinski definition) is 1. The molecule has 1 aromatic carbocycles. The molecule has 1 unspecified atom stereocenters. The Kier molecular flexibility index (Phi) is 7.06. The van der Waals surface area contributed by atoms with E-state index in [1.54, 1.807) is 37.3 Å². The van der Waals surface area contributed by atoms with E-state index in [2.05, 4.69) is 19.2 Å². The van der Waals surface area contributed by atoms with E-state index >= 15 is 0 Å². The first-order chi connectivity index (χ1) is 12.5. The number of methoxy groups -OCH3 is 2. The molecule has 0 saturated carbocycles. The Morgan fingerprint density at radius 1 is 1.15 bits per heavy atom. The number of unbranched alkanes of at least 4 members (excludes halogenated alkanes) is 1. The molecule has 1 heterocycles. The van der Waals surface area contributed by atoms with Gasteiger partial charge in [-0.25, -0.2) is 4.79 Å². The molecule has 26 heavy (non-hydrogen) atoms. The van der Waals surface area contributed by atoms with E-state index in [1.165, 1.54) is 0 Å². The molecule has 0 aromatic heterocycles. The third-order valence-corrected chi connectivity index (χ3v) is 4.68. The highest BCUT2D eigenvalue weighted by atomic mass is 16.5. The molecular formula is C20H28N2O4. The smallest absolute Gasteiger partial charge is 0.329 e. The molecule has 1 N–H and O–H groups in total. The van der Waals surface area contributed by atoms with Crippen LogP contribution in [0.4, 0.5) is 4.79 Å². The number of imide groups is 1. The van der Waals surface area contributed by atoms with Crippen molar-refractivity contribution in [3.05, 3.63) is 29.5 Å². The van der Waals surface area contributed by atoms with Gasteiger partial charge in [0.1, 0.15) is 5.70 Å². The maximum atomic E-state index is 12.3. The molecule has 2 rings (SSSR count). The normalized spacial score (nSPS) is 16.8. The van der Waals surface area contributed by atoms with Crippen molar-refractivity contribution in [3.63, 3.8) is 0 Å². The van der Waals surface area contributed by atoms with Gasteiger partial charge in [-0.05, 0) is 36.1 Å². The number of carbonyl (C=O) groups is 2. The Morgan fingerprint density at radius 2 is 1.88 bits per heavy atom. The molecule has 1 aliphatic rings. The molecule has 1 atom stereocenters. The fourth-order valence-electron chi connectivity index (χ4n) is 3.06. The van der Waals surface area contributed by atoms with E-state index in [-0.39, 0.29) is 11.9 Å². The van der Waals surface area contributed by atoms with Crippen molar-refractivity contribution in [2.24, 2.45) is 5.92 Å². The number of ether oxygens (including phenoxy) is 2. The highest BCUT2D eigenvalue weighted by molar-refractivity contribution is 6.14. The van der Waals surface area contributed by atoms with Crippen LogP contribution >= 0.6 is 0 Å². The second kappa shape index (κ2) is 9.27. The van der Waals surface area contributed by atoms with Gasteiger partial charge in [-0.1, -0.05) is 39.2 Å². The zero-order chi connectivity index (χ0) is 19.1. The number of nitrogens with zero attached hydrogens (tertiary/aromatic N) is 1. The first kappa shape index (κ1) is 19.8. The fourth-order valence-corrected chi connectivity index (χ4v) is 3.06. The highest BCUT2D eigenvalue weighted by Crippen LogP contribution is 2.29. The SMILES string of the molecule is CCCCC(CC)CN1C(=O)NC(=O)C1=Cc1ccc(OC)c(OC)c1. The van der Waals surface area contributed by atoms with Crippen LogP contribution in [0.1, 0.15) is 45.1 Å². The Labute approximate surface area is 155 Å². The van der Waals surface area contributed by atoms with Crippen LogP contribution in [0.3, 0.4) is 0 Å². The summed E-state index contributed by atoms with van der Waals surface area (Å²) in [6.45, 7) is 4.82. The molecule has 3 amide bonds. The first-order valence-electron chi connectivity index (χ1n) is 9.10. The number of benzene rings is 1. The number of urea groups is 1. The van der Waals surface area contributed by atoms with Gasteiger partial charge in [0.15, 0.2) is 11.5 Å². The van der Waals surface area contributed by atoms with Crippen LogP contribution in [-0.4, -0.2) is 37.6 Å². The molecule has 1 aliphatic heterocycles. The lowest BCUT2D eigenvalue weighted by molar-refractivity contribution is -0.116. The molecule has 0 spiro atoms. The molecule has 1 fully saturated rings. The summed E-state index contributed by atoms with van der Waals surface area (Å²) in [4.78, 5) is 26.1. The number of amides is 3. The summed E-state index contributed by atoms with van der Waals surface area (Å²) in [5.41, 5.74) is 1.14. The number of rotatable bonds is 9. The predicted molar refractivity (Wildman–Crippen MR) is 101 cm³/mol. The van der Waals surface area contributed by atoms with E-state index in [9.17, 15) is 9.59 Å². The van der Waals surface area contributed by atoms with Crippen molar-refractivity contribution in [3.8, 4) is 11.5 Å². The van der Waals surface area contributed by atoms with Crippen molar-refractivity contribution in [1.29, 1.82) is 0 Å². The lowest BCUT2D eigenvalue weighted by atomic mass is 9.98. The van der Waals surface area contributed by atoms with E-state index < -0.39 is 0 Å². The summed E-state index contributed by atoms with van der Waals surface area (Å²) >= 11 is 0. The van der Waals surface area contributed by atoms with Gasteiger partial charge in [0.05, 0.1) is 14.2 Å². The molecule has 0 radical (unpaired) electrons. The summed E-state index contributed by atoms with van der Waals surface area (Å²) < 4.78 is 10.5. The van der Waals surface area contributed by atoms with Gasteiger partial charge < -0.3 is 9.47 Å². The summed E-state index contributed by atoms with van der Waals surface area (Å²) in [5.74, 6) is 1.20. The van der Waals surface area contributed by atoms with E-state index in [4.69, 9.17) is 9.47 Å². The Morgan fingerprint density at radius 3 is 2.50 bits per heavy atom. The lowest BCUT2D eigenvalue weighted by Crippen LogP contribution is -2.32. The van der Waals surface area contributed by atoms with Crippen molar-refractivity contribution in [2.45, 2.75) is 39.5 Å². The first-order valence-corrected chi connectivity index (χ1v) is 9.10. The zero-order valence-electron chi connectivity index (χ0n) is 16.0. The molecule has 1 saturated heterocycles. The van der Waals surface area contributed by atoms with Crippen LogP contribution in [0.25, 0.3) is 6.08 Å². The minimum atomic E-state index is -0.366. The Bertz CT molecular complexity index is 684. The van der Waals surface area contributed by atoms with Crippen LogP contribution in [0.15, 0.2) is 23.9 Å². The van der Waals surface area contributed by atoms with Crippen LogP contribution < -0.4 is 14.8 Å². The minimum absolute atomic E-state index is 0.350. The van der Waals surface area contributed by atoms with Gasteiger partial charge in [0.2, 0.25) is 0 Å². The molecule has 6 heteroatoms. The van der Waals surface area contributed by atoms with Gasteiger partial charge in [-0.2, -0.15) is 0 Å². The molecule has 0 aliphatic carbocycles. The maximum absolute atomic E-state index is 12.3. The largest absolute Gasteiger partial charge is 0.493 e. The van der Waals surface area contributed by atoms with Crippen LogP contribution in [0, 0.1) is 5.92 Å². The summed E-state index contributed by atoms with van der Waals surface area (Å²) in [5, 5.41) is 2.40. The summed E-state index contributed by atoms with van der Waals surface area (Å²) in [6.07, 6.45) is 5.98. The van der Waals surface area contributed by atoms with Gasteiger partial charge in [-0.3, -0.25) is 15.0 Å². The minimum Gasteiger partial charge on any atom is -0.493 e. The lowest BCUT2D eigenvalue weighted by Gasteiger charge is -2.22. The topological polar surface area (TPSA) is 67.9 Å². The third-order valence-electron chi connectivity index (χ3n) is 4.68. The maximum Gasteiger partial charge on any atom is 0.329 e. The van der Waals surface area contributed by atoms with Crippen molar-refractivity contribution in [2.75, 3.05) is 20.8 Å². The number of hydrogen-bond acceptors (Lipinski definition) is 4. The van der Waals surface area contributed by atoms with Crippen molar-refractivity contribution < 1.29 is 19.1 Å². The van der Waals surface area contributed by atoms with E-state index in [0.717, 1.165) is 31.2 Å². The fraction of sp³-hybridized carbons (Fsp3) is 0.500. The second-order valence-electron chi connectivity index (χ2n) is 6.43. The van der Waals surface area contributed by atoms with E-state index in [0.29, 0.717) is 29.7 Å². The Hall–Kier alpha value is -2.50. The molecule has 1 aromatic rings. The molecule has 142 valence electrons. The van der Waals surface area contributed by atoms with Gasteiger partial charge in [0.25, 0.3) is 5.91 Å². The average molecular weight is 360 g/mol. The highest BCUT2D eigenvalue weighted by Gasteiger charge is 2.34. The average Bonchev–Trinajstić information content (AvgIpc) is 2.91. The predicted octanol–water partition coefficient (Wildman–Crippen LogP) is 3.81. The standard InChI is InChI=1S/C20H28N2O4/c1-5-7-8-14(6-2)13-22-16(19(23)21-20(22)24)11-15-9-10-17(25-3)18(12-15)26-4/h9-12,14H,5-8,13H2,1-4H3,(H,21,23,24). The van der Waals surface area contributed by atoms with Crippen LogP contribution in [0.2, 0.25) is 0 Å². The van der Waals surface area contributed by atoms with E-state index in [1.807, 2.05) is 6.07 Å².